The lowest BCUT2D eigenvalue weighted by Gasteiger charge is -2.14. The van der Waals surface area contributed by atoms with Crippen molar-refractivity contribution in [2.45, 2.75) is 13.8 Å². The molecule has 0 fully saturated rings. The molecule has 0 unspecified atom stereocenters. The van der Waals surface area contributed by atoms with Gasteiger partial charge in [-0.3, -0.25) is 0 Å². The second-order valence-electron chi connectivity index (χ2n) is 4.34. The van der Waals surface area contributed by atoms with Crippen molar-refractivity contribution < 1.29 is 0 Å². The van der Waals surface area contributed by atoms with Gasteiger partial charge in [0.25, 0.3) is 0 Å². The fraction of sp³-hybridized carbons (Fsp3) is 0.133. The highest BCUT2D eigenvalue weighted by molar-refractivity contribution is 9.10. The molecule has 0 bridgehead atoms. The Balaban J connectivity index is 2.48. The van der Waals surface area contributed by atoms with Gasteiger partial charge in [0.1, 0.15) is 6.07 Å². The molecule has 0 saturated carbocycles. The number of nitriles is 1. The van der Waals surface area contributed by atoms with Gasteiger partial charge in [0.05, 0.1) is 11.3 Å². The molecule has 0 saturated heterocycles. The highest BCUT2D eigenvalue weighted by Crippen LogP contribution is 2.30. The molecule has 0 aliphatic carbocycles. The van der Waals surface area contributed by atoms with Crippen LogP contribution in [0.15, 0.2) is 34.8 Å². The van der Waals surface area contributed by atoms with Gasteiger partial charge in [-0.1, -0.05) is 27.5 Å². The first-order valence-corrected chi connectivity index (χ1v) is 6.92. The van der Waals surface area contributed by atoms with Crippen molar-refractivity contribution in [1.82, 2.24) is 0 Å². The number of hydrogen-bond acceptors (Lipinski definition) is 2. The standard InChI is InChI=1S/C15H12BrClN2/c1-9-5-12(16)6-10(2)15(9)19-14-7-13(17)4-3-11(14)8-18/h3-7,19H,1-2H3. The number of rotatable bonds is 2. The molecule has 0 heterocycles. The van der Waals surface area contributed by atoms with Crippen LogP contribution in [0.4, 0.5) is 11.4 Å². The molecule has 2 rings (SSSR count). The maximum absolute atomic E-state index is 9.13. The first-order chi connectivity index (χ1) is 9.01. The lowest BCUT2D eigenvalue weighted by atomic mass is 10.1. The molecular weight excluding hydrogens is 324 g/mol. The van der Waals surface area contributed by atoms with Crippen LogP contribution in [0.2, 0.25) is 5.02 Å². The fourth-order valence-corrected chi connectivity index (χ4v) is 2.82. The molecule has 0 amide bonds. The summed E-state index contributed by atoms with van der Waals surface area (Å²) in [6, 6.07) is 11.4. The average Bonchev–Trinajstić information content (AvgIpc) is 2.34. The lowest BCUT2D eigenvalue weighted by Crippen LogP contribution is -1.98. The van der Waals surface area contributed by atoms with Gasteiger partial charge >= 0.3 is 0 Å². The minimum atomic E-state index is 0.575. The molecule has 0 atom stereocenters. The van der Waals surface area contributed by atoms with Crippen molar-refractivity contribution in [2.24, 2.45) is 0 Å². The second-order valence-corrected chi connectivity index (χ2v) is 5.69. The highest BCUT2D eigenvalue weighted by atomic mass is 79.9. The van der Waals surface area contributed by atoms with Crippen LogP contribution < -0.4 is 5.32 Å². The van der Waals surface area contributed by atoms with Gasteiger partial charge in [-0.2, -0.15) is 5.26 Å². The molecule has 2 nitrogen and oxygen atoms in total. The Labute approximate surface area is 126 Å². The number of benzene rings is 2. The highest BCUT2D eigenvalue weighted by Gasteiger charge is 2.08. The van der Waals surface area contributed by atoms with Gasteiger partial charge in [0.2, 0.25) is 0 Å². The number of aryl methyl sites for hydroxylation is 2. The first kappa shape index (κ1) is 13.9. The molecule has 96 valence electrons. The summed E-state index contributed by atoms with van der Waals surface area (Å²) >= 11 is 9.46. The molecule has 0 spiro atoms. The molecule has 0 aliphatic heterocycles. The van der Waals surface area contributed by atoms with E-state index in [0.29, 0.717) is 10.6 Å². The van der Waals surface area contributed by atoms with Crippen LogP contribution in [0, 0.1) is 25.2 Å². The van der Waals surface area contributed by atoms with Crippen molar-refractivity contribution in [3.8, 4) is 6.07 Å². The van der Waals surface area contributed by atoms with E-state index >= 15 is 0 Å². The largest absolute Gasteiger partial charge is 0.354 e. The maximum Gasteiger partial charge on any atom is 0.101 e. The summed E-state index contributed by atoms with van der Waals surface area (Å²) in [7, 11) is 0. The van der Waals surface area contributed by atoms with Gasteiger partial charge in [-0.05, 0) is 55.3 Å². The molecule has 0 aliphatic rings. The number of anilines is 2. The van der Waals surface area contributed by atoms with Crippen molar-refractivity contribution in [2.75, 3.05) is 5.32 Å². The predicted octanol–water partition coefficient (Wildman–Crippen LogP) is 5.33. The van der Waals surface area contributed by atoms with E-state index < -0.39 is 0 Å². The van der Waals surface area contributed by atoms with Crippen LogP contribution in [0.3, 0.4) is 0 Å². The maximum atomic E-state index is 9.13. The van der Waals surface area contributed by atoms with E-state index in [0.717, 1.165) is 27.0 Å². The molecule has 2 aromatic carbocycles. The quantitative estimate of drug-likeness (QED) is 0.804. The van der Waals surface area contributed by atoms with Crippen LogP contribution in [0.25, 0.3) is 0 Å². The molecule has 1 N–H and O–H groups in total. The zero-order chi connectivity index (χ0) is 14.0. The van der Waals surface area contributed by atoms with Crippen molar-refractivity contribution in [3.63, 3.8) is 0 Å². The number of halogens is 2. The normalized spacial score (nSPS) is 10.1. The predicted molar refractivity (Wildman–Crippen MR) is 83.1 cm³/mol. The Morgan fingerprint density at radius 3 is 2.37 bits per heavy atom. The third-order valence-corrected chi connectivity index (χ3v) is 3.55. The average molecular weight is 336 g/mol. The Bertz CT molecular complexity index is 651. The summed E-state index contributed by atoms with van der Waals surface area (Å²) in [5.41, 5.74) is 4.52. The minimum Gasteiger partial charge on any atom is -0.354 e. The van der Waals surface area contributed by atoms with Crippen LogP contribution in [-0.4, -0.2) is 0 Å². The van der Waals surface area contributed by atoms with Crippen LogP contribution >= 0.6 is 27.5 Å². The molecule has 0 aromatic heterocycles. The van der Waals surface area contributed by atoms with E-state index in [1.54, 1.807) is 18.2 Å². The van der Waals surface area contributed by atoms with Gasteiger partial charge in [-0.25, -0.2) is 0 Å². The van der Waals surface area contributed by atoms with E-state index in [-0.39, 0.29) is 0 Å². The molecule has 19 heavy (non-hydrogen) atoms. The van der Waals surface area contributed by atoms with Crippen LogP contribution in [-0.2, 0) is 0 Å². The van der Waals surface area contributed by atoms with E-state index in [9.17, 15) is 0 Å². The topological polar surface area (TPSA) is 35.8 Å². The van der Waals surface area contributed by atoms with Gasteiger partial charge < -0.3 is 5.32 Å². The smallest absolute Gasteiger partial charge is 0.101 e. The Morgan fingerprint density at radius 1 is 1.16 bits per heavy atom. The number of nitrogens with one attached hydrogen (secondary N) is 1. The zero-order valence-corrected chi connectivity index (χ0v) is 12.9. The first-order valence-electron chi connectivity index (χ1n) is 5.74. The second kappa shape index (κ2) is 5.64. The Hall–Kier alpha value is -1.50. The van der Waals surface area contributed by atoms with E-state index in [4.69, 9.17) is 16.9 Å². The monoisotopic (exact) mass is 334 g/mol. The third-order valence-electron chi connectivity index (χ3n) is 2.86. The SMILES string of the molecule is Cc1cc(Br)cc(C)c1Nc1cc(Cl)ccc1C#N. The Morgan fingerprint density at radius 2 is 1.79 bits per heavy atom. The summed E-state index contributed by atoms with van der Waals surface area (Å²) in [6.45, 7) is 4.05. The molecule has 4 heteroatoms. The molecule has 0 radical (unpaired) electrons. The van der Waals surface area contributed by atoms with E-state index in [1.807, 2.05) is 26.0 Å². The zero-order valence-electron chi connectivity index (χ0n) is 10.6. The van der Waals surface area contributed by atoms with E-state index in [2.05, 4.69) is 27.3 Å². The fourth-order valence-electron chi connectivity index (χ4n) is 1.96. The summed E-state index contributed by atoms with van der Waals surface area (Å²) in [5, 5.41) is 13.0. The van der Waals surface area contributed by atoms with Gasteiger partial charge in [0.15, 0.2) is 0 Å². The summed E-state index contributed by atoms with van der Waals surface area (Å²) in [4.78, 5) is 0. The van der Waals surface area contributed by atoms with Crippen molar-refractivity contribution in [1.29, 1.82) is 5.26 Å². The van der Waals surface area contributed by atoms with Crippen molar-refractivity contribution >= 4 is 38.9 Å². The number of nitrogens with zero attached hydrogens (tertiary/aromatic N) is 1. The van der Waals surface area contributed by atoms with Gasteiger partial charge in [-0.15, -0.1) is 0 Å². The van der Waals surface area contributed by atoms with Crippen LogP contribution in [0.5, 0.6) is 0 Å². The van der Waals surface area contributed by atoms with Crippen LogP contribution in [0.1, 0.15) is 16.7 Å². The summed E-state index contributed by atoms with van der Waals surface area (Å²) < 4.78 is 1.04. The third kappa shape index (κ3) is 3.09. The molecular formula is C15H12BrClN2. The lowest BCUT2D eigenvalue weighted by molar-refractivity contribution is 1.34. The summed E-state index contributed by atoms with van der Waals surface area (Å²) in [5.74, 6) is 0. The van der Waals surface area contributed by atoms with E-state index in [1.165, 1.54) is 0 Å². The minimum absolute atomic E-state index is 0.575. The number of hydrogen-bond donors (Lipinski definition) is 1. The Kier molecular flexibility index (Phi) is 4.14. The van der Waals surface area contributed by atoms with Gasteiger partial charge in [0, 0.05) is 15.2 Å². The summed E-state index contributed by atoms with van der Waals surface area (Å²) in [6.07, 6.45) is 0. The molecule has 2 aromatic rings. The van der Waals surface area contributed by atoms with Crippen molar-refractivity contribution in [3.05, 3.63) is 56.5 Å².